The van der Waals surface area contributed by atoms with E-state index in [9.17, 15) is 4.79 Å². The fourth-order valence-corrected chi connectivity index (χ4v) is 1.29. The van der Waals surface area contributed by atoms with E-state index in [4.69, 9.17) is 0 Å². The van der Waals surface area contributed by atoms with Crippen LogP contribution in [0.4, 0.5) is 0 Å². The molecule has 0 fully saturated rings. The average Bonchev–Trinajstić information content (AvgIpc) is 2.15. The summed E-state index contributed by atoms with van der Waals surface area (Å²) in [7, 11) is 0. The van der Waals surface area contributed by atoms with E-state index in [2.05, 4.69) is 6.07 Å². The summed E-state index contributed by atoms with van der Waals surface area (Å²) in [5.41, 5.74) is 2.31. The van der Waals surface area contributed by atoms with Crippen molar-refractivity contribution in [3.63, 3.8) is 0 Å². The lowest BCUT2D eigenvalue weighted by molar-refractivity contribution is -0.114. The van der Waals surface area contributed by atoms with Crippen LogP contribution in [0.5, 0.6) is 0 Å². The molecule has 0 saturated heterocycles. The lowest BCUT2D eigenvalue weighted by atomic mass is 10.1. The molecule has 1 aromatic carbocycles. The first kappa shape index (κ1) is 10.7. The molecule has 0 aliphatic rings. The zero-order valence-electron chi connectivity index (χ0n) is 8.79. The van der Waals surface area contributed by atoms with E-state index >= 15 is 0 Å². The summed E-state index contributed by atoms with van der Waals surface area (Å²) in [5.74, 6) is 0.203. The molecule has 0 unspecified atom stereocenters. The van der Waals surface area contributed by atoms with Crippen molar-refractivity contribution < 1.29 is 4.79 Å². The Morgan fingerprint density at radius 1 is 1.43 bits per heavy atom. The zero-order valence-corrected chi connectivity index (χ0v) is 8.79. The second-order valence-electron chi connectivity index (χ2n) is 3.46. The molecule has 0 bridgehead atoms. The highest BCUT2D eigenvalue weighted by Crippen LogP contribution is 2.06. The van der Waals surface area contributed by atoms with Crippen LogP contribution in [0.3, 0.4) is 0 Å². The van der Waals surface area contributed by atoms with Gasteiger partial charge in [-0.25, -0.2) is 0 Å². The summed E-state index contributed by atoms with van der Waals surface area (Å²) in [6.07, 6.45) is 5.10. The molecule has 0 radical (unpaired) electrons. The first-order chi connectivity index (χ1) is 6.72. The van der Waals surface area contributed by atoms with E-state index in [1.165, 1.54) is 5.56 Å². The van der Waals surface area contributed by atoms with Crippen LogP contribution in [-0.4, -0.2) is 5.78 Å². The number of benzene rings is 1. The molecule has 74 valence electrons. The molecule has 0 saturated carbocycles. The fraction of sp³-hybridized carbons (Fsp3) is 0.308. The quantitative estimate of drug-likeness (QED) is 0.662. The minimum atomic E-state index is 0.203. The molecule has 0 aromatic heterocycles. The third kappa shape index (κ3) is 3.56. The highest BCUT2D eigenvalue weighted by molar-refractivity contribution is 5.93. The summed E-state index contributed by atoms with van der Waals surface area (Å²) < 4.78 is 0. The fourth-order valence-electron chi connectivity index (χ4n) is 1.29. The Labute approximate surface area is 85.5 Å². The number of carbonyl (C=O) groups is 1. The van der Waals surface area contributed by atoms with Gasteiger partial charge >= 0.3 is 0 Å². The second kappa shape index (κ2) is 5.38. The van der Waals surface area contributed by atoms with Gasteiger partial charge in [-0.05, 0) is 25.0 Å². The number of rotatable bonds is 4. The minimum absolute atomic E-state index is 0.203. The Balaban J connectivity index is 2.64. The van der Waals surface area contributed by atoms with Crippen LogP contribution in [-0.2, 0) is 4.79 Å². The third-order valence-electron chi connectivity index (χ3n) is 2.00. The Kier molecular flexibility index (Phi) is 4.11. The largest absolute Gasteiger partial charge is 0.295 e. The predicted molar refractivity (Wildman–Crippen MR) is 60.1 cm³/mol. The van der Waals surface area contributed by atoms with E-state index in [-0.39, 0.29) is 5.78 Å². The van der Waals surface area contributed by atoms with Gasteiger partial charge in [-0.15, -0.1) is 0 Å². The molecule has 0 aliphatic carbocycles. The van der Waals surface area contributed by atoms with E-state index in [0.29, 0.717) is 6.42 Å². The van der Waals surface area contributed by atoms with Crippen LogP contribution in [0.1, 0.15) is 30.9 Å². The molecule has 1 aromatic rings. The number of ketones is 1. The van der Waals surface area contributed by atoms with Crippen molar-refractivity contribution in [1.82, 2.24) is 0 Å². The summed E-state index contributed by atoms with van der Waals surface area (Å²) in [4.78, 5) is 11.2. The Morgan fingerprint density at radius 3 is 2.86 bits per heavy atom. The highest BCUT2D eigenvalue weighted by atomic mass is 16.1. The second-order valence-corrected chi connectivity index (χ2v) is 3.46. The molecule has 0 N–H and O–H groups in total. The zero-order chi connectivity index (χ0) is 10.4. The van der Waals surface area contributed by atoms with Crippen molar-refractivity contribution in [1.29, 1.82) is 0 Å². The summed E-state index contributed by atoms with van der Waals surface area (Å²) in [6.45, 7) is 4.06. The Bertz CT molecular complexity index is 337. The van der Waals surface area contributed by atoms with Crippen LogP contribution in [0.2, 0.25) is 0 Å². The maximum Gasteiger partial charge on any atom is 0.155 e. The van der Waals surface area contributed by atoms with Gasteiger partial charge in [0.05, 0.1) is 0 Å². The Morgan fingerprint density at radius 2 is 2.21 bits per heavy atom. The number of allylic oxidation sites excluding steroid dienone is 1. The topological polar surface area (TPSA) is 17.1 Å². The van der Waals surface area contributed by atoms with Crippen molar-refractivity contribution >= 4 is 11.9 Å². The lowest BCUT2D eigenvalue weighted by Crippen LogP contribution is -1.89. The normalized spacial score (nSPS) is 10.7. The van der Waals surface area contributed by atoms with Gasteiger partial charge in [0, 0.05) is 6.42 Å². The smallest absolute Gasteiger partial charge is 0.155 e. The van der Waals surface area contributed by atoms with Crippen LogP contribution in [0.25, 0.3) is 6.08 Å². The maximum atomic E-state index is 11.2. The van der Waals surface area contributed by atoms with Gasteiger partial charge in [-0.1, -0.05) is 42.8 Å². The summed E-state index contributed by atoms with van der Waals surface area (Å²) in [6, 6.07) is 8.11. The monoisotopic (exact) mass is 188 g/mol. The van der Waals surface area contributed by atoms with Crippen molar-refractivity contribution in [3.05, 3.63) is 41.5 Å². The third-order valence-corrected chi connectivity index (χ3v) is 2.00. The van der Waals surface area contributed by atoms with E-state index in [1.54, 1.807) is 6.08 Å². The average molecular weight is 188 g/mol. The van der Waals surface area contributed by atoms with E-state index < -0.39 is 0 Å². The van der Waals surface area contributed by atoms with Gasteiger partial charge in [0.2, 0.25) is 0 Å². The highest BCUT2D eigenvalue weighted by Gasteiger charge is 1.93. The standard InChI is InChI=1S/C13H16O/c1-3-5-13(14)9-8-12-7-4-6-11(2)10-12/h4,6-10H,3,5H2,1-2H3. The molecule has 0 amide bonds. The molecule has 0 aliphatic heterocycles. The van der Waals surface area contributed by atoms with Gasteiger partial charge in [-0.3, -0.25) is 4.79 Å². The first-order valence-electron chi connectivity index (χ1n) is 5.00. The van der Waals surface area contributed by atoms with Crippen molar-refractivity contribution in [2.45, 2.75) is 26.7 Å². The van der Waals surface area contributed by atoms with Crippen molar-refractivity contribution in [3.8, 4) is 0 Å². The number of hydrogen-bond acceptors (Lipinski definition) is 1. The van der Waals surface area contributed by atoms with Crippen LogP contribution in [0.15, 0.2) is 30.3 Å². The minimum Gasteiger partial charge on any atom is -0.295 e. The van der Waals surface area contributed by atoms with Gasteiger partial charge in [0.1, 0.15) is 0 Å². The molecular formula is C13H16O. The number of carbonyl (C=O) groups excluding carboxylic acids is 1. The van der Waals surface area contributed by atoms with Gasteiger partial charge < -0.3 is 0 Å². The first-order valence-corrected chi connectivity index (χ1v) is 5.00. The molecule has 0 heterocycles. The number of aryl methyl sites for hydroxylation is 1. The molecular weight excluding hydrogens is 172 g/mol. The molecule has 0 spiro atoms. The molecule has 1 nitrogen and oxygen atoms in total. The number of hydrogen-bond donors (Lipinski definition) is 0. The lowest BCUT2D eigenvalue weighted by Gasteiger charge is -1.95. The van der Waals surface area contributed by atoms with Gasteiger partial charge in [0.25, 0.3) is 0 Å². The van der Waals surface area contributed by atoms with Crippen LogP contribution < -0.4 is 0 Å². The molecule has 1 heteroatoms. The van der Waals surface area contributed by atoms with Gasteiger partial charge in [-0.2, -0.15) is 0 Å². The maximum absolute atomic E-state index is 11.2. The molecule has 1 rings (SSSR count). The van der Waals surface area contributed by atoms with Crippen molar-refractivity contribution in [2.24, 2.45) is 0 Å². The molecule has 0 atom stereocenters. The Hall–Kier alpha value is -1.37. The SMILES string of the molecule is CCCC(=O)C=Cc1cccc(C)c1. The van der Waals surface area contributed by atoms with Crippen LogP contribution >= 0.6 is 0 Å². The summed E-state index contributed by atoms with van der Waals surface area (Å²) >= 11 is 0. The predicted octanol–water partition coefficient (Wildman–Crippen LogP) is 3.38. The van der Waals surface area contributed by atoms with Gasteiger partial charge in [0.15, 0.2) is 5.78 Å². The summed E-state index contributed by atoms with van der Waals surface area (Å²) in [5, 5.41) is 0. The van der Waals surface area contributed by atoms with Crippen LogP contribution in [0, 0.1) is 6.92 Å². The van der Waals surface area contributed by atoms with E-state index in [1.807, 2.05) is 38.1 Å². The van der Waals surface area contributed by atoms with E-state index in [0.717, 1.165) is 12.0 Å². The van der Waals surface area contributed by atoms with Crippen molar-refractivity contribution in [2.75, 3.05) is 0 Å². The molecule has 14 heavy (non-hydrogen) atoms.